The van der Waals surface area contributed by atoms with E-state index in [1.165, 1.54) is 0 Å². The zero-order chi connectivity index (χ0) is 16.3. The summed E-state index contributed by atoms with van der Waals surface area (Å²) in [6.07, 6.45) is 8.35. The molecule has 1 saturated carbocycles. The van der Waals surface area contributed by atoms with Crippen LogP contribution in [-0.4, -0.2) is 62.6 Å². The standard InChI is InChI=1S/C17H26N4O2/c1-20(13-15-18-8-4-9-19-15)14-5-10-21(12-14)16(22)11-17(23)6-2-3-7-17/h4,8-9,14,23H,2-3,5-7,10-13H2,1H3/t14-/m1/s1. The van der Waals surface area contributed by atoms with Gasteiger partial charge in [0.15, 0.2) is 0 Å². The lowest BCUT2D eigenvalue weighted by molar-refractivity contribution is -0.135. The van der Waals surface area contributed by atoms with Crippen molar-refractivity contribution in [3.8, 4) is 0 Å². The fourth-order valence-corrected chi connectivity index (χ4v) is 3.70. The zero-order valence-electron chi connectivity index (χ0n) is 13.8. The van der Waals surface area contributed by atoms with Gasteiger partial charge in [-0.1, -0.05) is 12.8 Å². The van der Waals surface area contributed by atoms with E-state index in [9.17, 15) is 9.90 Å². The summed E-state index contributed by atoms with van der Waals surface area (Å²) in [5, 5.41) is 10.4. The van der Waals surface area contributed by atoms with E-state index in [2.05, 4.69) is 21.9 Å². The Morgan fingerprint density at radius 2 is 2.09 bits per heavy atom. The number of likely N-dealkylation sites (N-methyl/N-ethyl adjacent to an activating group) is 1. The van der Waals surface area contributed by atoms with E-state index in [1.807, 2.05) is 11.0 Å². The van der Waals surface area contributed by atoms with Crippen LogP contribution in [0.3, 0.4) is 0 Å². The molecule has 1 N–H and O–H groups in total. The molecule has 1 aliphatic carbocycles. The Hall–Kier alpha value is -1.53. The Balaban J connectivity index is 1.50. The van der Waals surface area contributed by atoms with Crippen molar-refractivity contribution >= 4 is 5.91 Å². The lowest BCUT2D eigenvalue weighted by Gasteiger charge is -2.26. The van der Waals surface area contributed by atoms with E-state index < -0.39 is 5.60 Å². The highest BCUT2D eigenvalue weighted by Crippen LogP contribution is 2.33. The summed E-state index contributed by atoms with van der Waals surface area (Å²) >= 11 is 0. The third kappa shape index (κ3) is 4.06. The van der Waals surface area contributed by atoms with Gasteiger partial charge >= 0.3 is 0 Å². The minimum Gasteiger partial charge on any atom is -0.389 e. The Labute approximate surface area is 137 Å². The molecule has 1 atom stereocenters. The van der Waals surface area contributed by atoms with Gasteiger partial charge in [0.25, 0.3) is 0 Å². The summed E-state index contributed by atoms with van der Waals surface area (Å²) in [6.45, 7) is 2.20. The topological polar surface area (TPSA) is 69.6 Å². The van der Waals surface area contributed by atoms with Crippen molar-refractivity contribution in [1.29, 1.82) is 0 Å². The molecular formula is C17H26N4O2. The average molecular weight is 318 g/mol. The van der Waals surface area contributed by atoms with Crippen LogP contribution in [0.25, 0.3) is 0 Å². The highest BCUT2D eigenvalue weighted by Gasteiger charge is 2.37. The Bertz CT molecular complexity index is 531. The van der Waals surface area contributed by atoms with Crippen LogP contribution >= 0.6 is 0 Å². The molecular weight excluding hydrogens is 292 g/mol. The minimum atomic E-state index is -0.751. The van der Waals surface area contributed by atoms with Crippen molar-refractivity contribution in [2.45, 2.75) is 56.7 Å². The lowest BCUT2D eigenvalue weighted by atomic mass is 9.97. The molecule has 0 aromatic carbocycles. The minimum absolute atomic E-state index is 0.0984. The maximum atomic E-state index is 12.5. The number of aromatic nitrogens is 2. The normalized spacial score (nSPS) is 23.6. The van der Waals surface area contributed by atoms with Crippen molar-refractivity contribution in [1.82, 2.24) is 19.8 Å². The van der Waals surface area contributed by atoms with E-state index in [0.717, 1.165) is 51.0 Å². The van der Waals surface area contributed by atoms with Gasteiger partial charge in [0.1, 0.15) is 5.82 Å². The number of hydrogen-bond donors (Lipinski definition) is 1. The molecule has 1 saturated heterocycles. The smallest absolute Gasteiger partial charge is 0.225 e. The fraction of sp³-hybridized carbons (Fsp3) is 0.706. The predicted octanol–water partition coefficient (Wildman–Crippen LogP) is 1.20. The summed E-state index contributed by atoms with van der Waals surface area (Å²) in [7, 11) is 2.06. The SMILES string of the molecule is CN(Cc1ncccn1)[C@@H]1CCN(C(=O)CC2(O)CCCC2)C1. The maximum absolute atomic E-state index is 12.5. The van der Waals surface area contributed by atoms with E-state index in [4.69, 9.17) is 0 Å². The van der Waals surface area contributed by atoms with Gasteiger partial charge in [-0.3, -0.25) is 9.69 Å². The molecule has 1 aromatic heterocycles. The number of carbonyl (C=O) groups is 1. The van der Waals surface area contributed by atoms with Crippen molar-refractivity contribution in [3.63, 3.8) is 0 Å². The van der Waals surface area contributed by atoms with Crippen LogP contribution in [0.15, 0.2) is 18.5 Å². The first kappa shape index (κ1) is 16.3. The van der Waals surface area contributed by atoms with Crippen LogP contribution in [0, 0.1) is 0 Å². The lowest BCUT2D eigenvalue weighted by Crippen LogP contribution is -2.39. The van der Waals surface area contributed by atoms with Crippen LogP contribution in [0.1, 0.15) is 44.3 Å². The summed E-state index contributed by atoms with van der Waals surface area (Å²) in [6, 6.07) is 2.15. The van der Waals surface area contributed by atoms with Gasteiger partial charge in [0.05, 0.1) is 18.6 Å². The van der Waals surface area contributed by atoms with Crippen molar-refractivity contribution in [2.24, 2.45) is 0 Å². The molecule has 1 aromatic rings. The van der Waals surface area contributed by atoms with E-state index >= 15 is 0 Å². The van der Waals surface area contributed by atoms with E-state index in [1.54, 1.807) is 12.4 Å². The Morgan fingerprint density at radius 3 is 2.78 bits per heavy atom. The monoisotopic (exact) mass is 318 g/mol. The van der Waals surface area contributed by atoms with Crippen molar-refractivity contribution in [3.05, 3.63) is 24.3 Å². The third-order valence-electron chi connectivity index (χ3n) is 5.16. The number of nitrogens with zero attached hydrogens (tertiary/aromatic N) is 4. The van der Waals surface area contributed by atoms with Crippen LogP contribution in [0.4, 0.5) is 0 Å². The first-order chi connectivity index (χ1) is 11.1. The molecule has 0 spiro atoms. The molecule has 23 heavy (non-hydrogen) atoms. The quantitative estimate of drug-likeness (QED) is 0.883. The highest BCUT2D eigenvalue weighted by atomic mass is 16.3. The van der Waals surface area contributed by atoms with Crippen LogP contribution in [0.5, 0.6) is 0 Å². The van der Waals surface area contributed by atoms with Crippen LogP contribution < -0.4 is 0 Å². The second-order valence-corrected chi connectivity index (χ2v) is 6.97. The van der Waals surface area contributed by atoms with Crippen LogP contribution in [-0.2, 0) is 11.3 Å². The molecule has 126 valence electrons. The molecule has 6 heteroatoms. The molecule has 0 radical (unpaired) electrons. The molecule has 1 aliphatic heterocycles. The molecule has 6 nitrogen and oxygen atoms in total. The van der Waals surface area contributed by atoms with Gasteiger partial charge in [-0.05, 0) is 32.4 Å². The number of hydrogen-bond acceptors (Lipinski definition) is 5. The van der Waals surface area contributed by atoms with Gasteiger partial charge in [-0.25, -0.2) is 9.97 Å². The predicted molar refractivity (Wildman–Crippen MR) is 86.5 cm³/mol. The molecule has 2 aliphatic rings. The van der Waals surface area contributed by atoms with Gasteiger partial charge in [-0.15, -0.1) is 0 Å². The second-order valence-electron chi connectivity index (χ2n) is 6.97. The molecule has 3 rings (SSSR count). The molecule has 0 unspecified atom stereocenters. The number of rotatable bonds is 5. The van der Waals surface area contributed by atoms with Gasteiger partial charge in [0, 0.05) is 31.5 Å². The average Bonchev–Trinajstić information content (AvgIpc) is 3.17. The zero-order valence-corrected chi connectivity index (χ0v) is 13.8. The first-order valence-electron chi connectivity index (χ1n) is 8.52. The summed E-state index contributed by atoms with van der Waals surface area (Å²) < 4.78 is 0. The summed E-state index contributed by atoms with van der Waals surface area (Å²) in [5.41, 5.74) is -0.751. The van der Waals surface area contributed by atoms with Gasteiger partial charge < -0.3 is 10.0 Å². The Morgan fingerprint density at radius 1 is 1.39 bits per heavy atom. The summed E-state index contributed by atoms with van der Waals surface area (Å²) in [4.78, 5) is 25.1. The fourth-order valence-electron chi connectivity index (χ4n) is 3.70. The molecule has 0 bridgehead atoms. The second kappa shape index (κ2) is 6.93. The number of aliphatic hydroxyl groups is 1. The first-order valence-corrected chi connectivity index (χ1v) is 8.52. The molecule has 2 fully saturated rings. The maximum Gasteiger partial charge on any atom is 0.225 e. The van der Waals surface area contributed by atoms with E-state index in [0.29, 0.717) is 12.6 Å². The Kier molecular flexibility index (Phi) is 4.92. The number of carbonyl (C=O) groups excluding carboxylic acids is 1. The van der Waals surface area contributed by atoms with Crippen molar-refractivity contribution in [2.75, 3.05) is 20.1 Å². The van der Waals surface area contributed by atoms with Gasteiger partial charge in [-0.2, -0.15) is 0 Å². The van der Waals surface area contributed by atoms with Crippen molar-refractivity contribution < 1.29 is 9.90 Å². The number of likely N-dealkylation sites (tertiary alicyclic amines) is 1. The number of amides is 1. The third-order valence-corrected chi connectivity index (χ3v) is 5.16. The largest absolute Gasteiger partial charge is 0.389 e. The molecule has 1 amide bonds. The highest BCUT2D eigenvalue weighted by molar-refractivity contribution is 5.77. The van der Waals surface area contributed by atoms with E-state index in [-0.39, 0.29) is 12.3 Å². The van der Waals surface area contributed by atoms with Gasteiger partial charge in [0.2, 0.25) is 5.91 Å². The summed E-state index contributed by atoms with van der Waals surface area (Å²) in [5.74, 6) is 0.904. The molecule has 2 heterocycles. The van der Waals surface area contributed by atoms with Crippen LogP contribution in [0.2, 0.25) is 0 Å².